The highest BCUT2D eigenvalue weighted by Crippen LogP contribution is 2.33. The van der Waals surface area contributed by atoms with Gasteiger partial charge in [-0.25, -0.2) is 13.1 Å². The van der Waals surface area contributed by atoms with Crippen LogP contribution in [-0.2, 0) is 18.3 Å². The molecule has 12 heteroatoms. The normalized spacial score (nSPS) is 13.0. The van der Waals surface area contributed by atoms with Crippen LogP contribution in [-0.4, -0.2) is 58.2 Å². The van der Waals surface area contributed by atoms with Crippen molar-refractivity contribution in [3.63, 3.8) is 0 Å². The molecule has 0 atom stereocenters. The van der Waals surface area contributed by atoms with E-state index in [2.05, 4.69) is 50.6 Å². The maximum absolute atomic E-state index is 13.2. The van der Waals surface area contributed by atoms with Gasteiger partial charge in [-0.05, 0) is 64.4 Å². The lowest BCUT2D eigenvalue weighted by Gasteiger charge is -2.38. The molecule has 8 nitrogen and oxygen atoms in total. The summed E-state index contributed by atoms with van der Waals surface area (Å²) >= 11 is 0. The highest BCUT2D eigenvalue weighted by Gasteiger charge is 2.39. The Morgan fingerprint density at radius 2 is 1.50 bits per heavy atom. The molecule has 0 spiro atoms. The van der Waals surface area contributed by atoms with Crippen molar-refractivity contribution in [3.05, 3.63) is 53.6 Å². The zero-order valence-electron chi connectivity index (χ0n) is 22.5. The van der Waals surface area contributed by atoms with Gasteiger partial charge < -0.3 is 18.1 Å². The highest BCUT2D eigenvalue weighted by atomic mass is 32.2. The first kappa shape index (κ1) is 30.4. The number of sulfonamides is 1. The summed E-state index contributed by atoms with van der Waals surface area (Å²) in [5.74, 6) is -0.887. The molecule has 2 aromatic rings. The maximum Gasteiger partial charge on any atom is 0.314 e. The number of phenols is 1. The third-order valence-corrected chi connectivity index (χ3v) is 16.1. The van der Waals surface area contributed by atoms with Gasteiger partial charge in [-0.2, -0.15) is 0 Å². The molecule has 2 aromatic carbocycles. The quantitative estimate of drug-likeness (QED) is 0.197. The number of benzene rings is 2. The second kappa shape index (κ2) is 11.7. The Kier molecular flexibility index (Phi) is 9.89. The molecule has 0 aliphatic rings. The number of methoxy groups -OCH3 is 1. The van der Waals surface area contributed by atoms with Gasteiger partial charge in [0.2, 0.25) is 10.0 Å². The van der Waals surface area contributed by atoms with Crippen LogP contribution in [0.3, 0.4) is 0 Å². The van der Waals surface area contributed by atoms with Gasteiger partial charge >= 0.3 is 8.56 Å². The predicted molar refractivity (Wildman–Crippen MR) is 150 cm³/mol. The Balaban J connectivity index is 2.23. The molecule has 0 aliphatic heterocycles. The van der Waals surface area contributed by atoms with Crippen molar-refractivity contribution in [1.29, 1.82) is 0 Å². The highest BCUT2D eigenvalue weighted by molar-refractivity contribution is 7.89. The number of phenolic OH excluding ortho intramolecular Hbond substituents is 1. The van der Waals surface area contributed by atoms with E-state index in [1.807, 2.05) is 0 Å². The topological polar surface area (TPSA) is 111 Å². The molecule has 0 fully saturated rings. The molecule has 36 heavy (non-hydrogen) atoms. The summed E-state index contributed by atoms with van der Waals surface area (Å²) in [6, 6.07) is 11.3. The van der Waals surface area contributed by atoms with Crippen molar-refractivity contribution in [1.82, 2.24) is 4.72 Å². The standard InChI is InChI=1S/C24H39NO7SSi3/c1-30-22-18-21(26)20(24(27)19-13-10-9-11-14-19)17-23(22)33(28,29)25-15-12-16-36(8,31-34(2,3)4)32-35(5,6)7/h9-11,13-14,17-18,25-26H,12,15-16H2,1-8H3. The molecule has 0 amide bonds. The molecule has 0 aliphatic carbocycles. The molecular weight excluding hydrogens is 531 g/mol. The number of hydrogen-bond donors (Lipinski definition) is 2. The minimum Gasteiger partial charge on any atom is -0.507 e. The summed E-state index contributed by atoms with van der Waals surface area (Å²) in [6.45, 7) is 15.0. The van der Waals surface area contributed by atoms with Crippen LogP contribution >= 0.6 is 0 Å². The fourth-order valence-corrected chi connectivity index (χ4v) is 17.7. The Morgan fingerprint density at radius 1 is 0.944 bits per heavy atom. The van der Waals surface area contributed by atoms with Crippen LogP contribution in [0.5, 0.6) is 11.5 Å². The van der Waals surface area contributed by atoms with Gasteiger partial charge in [0.1, 0.15) is 16.4 Å². The van der Waals surface area contributed by atoms with Crippen LogP contribution in [0, 0.1) is 0 Å². The number of aromatic hydroxyl groups is 1. The Morgan fingerprint density at radius 3 is 2.00 bits per heavy atom. The van der Waals surface area contributed by atoms with Crippen LogP contribution < -0.4 is 9.46 Å². The monoisotopic (exact) mass is 569 g/mol. The van der Waals surface area contributed by atoms with E-state index in [1.54, 1.807) is 30.3 Å². The zero-order chi connectivity index (χ0) is 27.4. The number of rotatable bonds is 13. The van der Waals surface area contributed by atoms with E-state index in [9.17, 15) is 18.3 Å². The van der Waals surface area contributed by atoms with E-state index in [4.69, 9.17) is 13.0 Å². The number of nitrogens with one attached hydrogen (secondary N) is 1. The van der Waals surface area contributed by atoms with Gasteiger partial charge in [0.15, 0.2) is 22.4 Å². The number of ketones is 1. The summed E-state index contributed by atoms with van der Waals surface area (Å²) < 4.78 is 47.2. The van der Waals surface area contributed by atoms with Crippen LogP contribution in [0.1, 0.15) is 22.3 Å². The molecule has 0 saturated carbocycles. The SMILES string of the molecule is COc1cc(O)c(C(=O)c2ccccc2)cc1S(=O)(=O)NCCC[Si](C)(O[Si](C)(C)C)O[Si](C)(C)C. The summed E-state index contributed by atoms with van der Waals surface area (Å²) in [5, 5.41) is 10.4. The summed E-state index contributed by atoms with van der Waals surface area (Å²) in [7, 11) is -8.93. The van der Waals surface area contributed by atoms with E-state index < -0.39 is 41.0 Å². The van der Waals surface area contributed by atoms with Crippen LogP contribution in [0.4, 0.5) is 0 Å². The molecule has 0 unspecified atom stereocenters. The van der Waals surface area contributed by atoms with Crippen LogP contribution in [0.25, 0.3) is 0 Å². The molecule has 0 saturated heterocycles. The molecule has 0 aromatic heterocycles. The van der Waals surface area contributed by atoms with Crippen molar-refractivity contribution in [2.75, 3.05) is 13.7 Å². The minimum absolute atomic E-state index is 0.0482. The zero-order valence-corrected chi connectivity index (χ0v) is 26.3. The van der Waals surface area contributed by atoms with Gasteiger partial charge in [-0.3, -0.25) is 4.79 Å². The first-order chi connectivity index (χ1) is 16.5. The van der Waals surface area contributed by atoms with E-state index in [0.29, 0.717) is 18.0 Å². The average molecular weight is 570 g/mol. The van der Waals surface area contributed by atoms with Crippen LogP contribution in [0.15, 0.2) is 47.4 Å². The van der Waals surface area contributed by atoms with Gasteiger partial charge in [0, 0.05) is 18.2 Å². The summed E-state index contributed by atoms with van der Waals surface area (Å²) in [5.41, 5.74) is 0.220. The lowest BCUT2D eigenvalue weighted by Crippen LogP contribution is -2.52. The van der Waals surface area contributed by atoms with Gasteiger partial charge in [0.05, 0.1) is 12.7 Å². The summed E-state index contributed by atoms with van der Waals surface area (Å²) in [4.78, 5) is 12.7. The average Bonchev–Trinajstić information content (AvgIpc) is 2.74. The van der Waals surface area contributed by atoms with Gasteiger partial charge in [0.25, 0.3) is 0 Å². The van der Waals surface area contributed by atoms with Crippen molar-refractivity contribution in [2.45, 2.75) is 63.2 Å². The number of carbonyl (C=O) groups is 1. The lowest BCUT2D eigenvalue weighted by molar-refractivity contribution is 0.103. The maximum atomic E-state index is 13.2. The smallest absolute Gasteiger partial charge is 0.314 e. The number of ether oxygens (including phenoxy) is 1. The number of carbonyl (C=O) groups excluding carboxylic acids is 1. The van der Waals surface area contributed by atoms with Crippen LogP contribution in [0.2, 0.25) is 51.9 Å². The summed E-state index contributed by atoms with van der Waals surface area (Å²) in [6.07, 6.45) is 0.535. The fraction of sp³-hybridized carbons (Fsp3) is 0.458. The molecule has 0 bridgehead atoms. The largest absolute Gasteiger partial charge is 0.507 e. The van der Waals surface area contributed by atoms with E-state index >= 15 is 0 Å². The Bertz CT molecular complexity index is 1140. The third-order valence-electron chi connectivity index (χ3n) is 5.00. The van der Waals surface area contributed by atoms with Crippen molar-refractivity contribution in [2.24, 2.45) is 0 Å². The van der Waals surface area contributed by atoms with Gasteiger partial charge in [-0.1, -0.05) is 30.3 Å². The van der Waals surface area contributed by atoms with E-state index in [0.717, 1.165) is 12.1 Å². The van der Waals surface area contributed by atoms with E-state index in [1.165, 1.54) is 7.11 Å². The second-order valence-electron chi connectivity index (χ2n) is 10.8. The first-order valence-corrected chi connectivity index (χ1v) is 22.7. The molecule has 200 valence electrons. The molecular formula is C24H39NO7SSi3. The predicted octanol–water partition coefficient (Wildman–Crippen LogP) is 5.08. The van der Waals surface area contributed by atoms with E-state index in [-0.39, 0.29) is 28.5 Å². The molecule has 0 heterocycles. The van der Waals surface area contributed by atoms with Gasteiger partial charge in [-0.15, -0.1) is 0 Å². The molecule has 2 rings (SSSR count). The number of hydrogen-bond acceptors (Lipinski definition) is 7. The van der Waals surface area contributed by atoms with Crippen molar-refractivity contribution < 1.29 is 31.3 Å². The minimum atomic E-state index is -4.03. The Labute approximate surface area is 218 Å². The van der Waals surface area contributed by atoms with Crippen molar-refractivity contribution in [3.8, 4) is 11.5 Å². The second-order valence-corrected chi connectivity index (χ2v) is 25.4. The molecule has 0 radical (unpaired) electrons. The first-order valence-electron chi connectivity index (χ1n) is 11.9. The lowest BCUT2D eigenvalue weighted by atomic mass is 10.0. The Hall–Kier alpha value is -1.81. The molecule has 2 N–H and O–H groups in total. The van der Waals surface area contributed by atoms with Crippen molar-refractivity contribution >= 4 is 41.0 Å². The fourth-order valence-electron chi connectivity index (χ4n) is 3.96. The third kappa shape index (κ3) is 8.94.